The predicted octanol–water partition coefficient (Wildman–Crippen LogP) is 1.70. The van der Waals surface area contributed by atoms with Gasteiger partial charge < -0.3 is 14.4 Å². The van der Waals surface area contributed by atoms with Crippen molar-refractivity contribution < 1.29 is 14.4 Å². The smallest absolute Gasteiger partial charge is 0.241 e. The number of hydrogen-bond acceptors (Lipinski definition) is 6. The highest BCUT2D eigenvalue weighted by molar-refractivity contribution is 5.56. The topological polar surface area (TPSA) is 71.6 Å². The molecule has 1 aromatic carbocycles. The van der Waals surface area contributed by atoms with E-state index < -0.39 is 0 Å². The molecule has 1 aliphatic rings. The summed E-state index contributed by atoms with van der Waals surface area (Å²) < 4.78 is 10.5. The van der Waals surface area contributed by atoms with Crippen LogP contribution in [0.2, 0.25) is 0 Å². The van der Waals surface area contributed by atoms with Crippen LogP contribution < -0.4 is 4.74 Å². The molecule has 1 saturated heterocycles. The Hall–Kier alpha value is -1.92. The number of hydrogen-bond donors (Lipinski definition) is 1. The second-order valence-electron chi connectivity index (χ2n) is 5.19. The number of rotatable bonds is 5. The molecule has 1 unspecified atom stereocenters. The maximum Gasteiger partial charge on any atom is 0.241 e. The lowest BCUT2D eigenvalue weighted by Gasteiger charge is -2.20. The predicted molar refractivity (Wildman–Crippen MR) is 76.8 cm³/mol. The van der Waals surface area contributed by atoms with Crippen molar-refractivity contribution in [3.8, 4) is 17.1 Å². The van der Waals surface area contributed by atoms with Crippen LogP contribution in [0.3, 0.4) is 0 Å². The number of benzene rings is 1. The fraction of sp³-hybridized carbons (Fsp3) is 0.467. The van der Waals surface area contributed by atoms with E-state index in [0.717, 1.165) is 30.7 Å². The molecule has 21 heavy (non-hydrogen) atoms. The number of aliphatic hydroxyl groups is 1. The standard InChI is InChI=1S/C15H19N3O3/c1-20-13-6-2-4-11(8-13)15-16-14(21-17-15)9-18-7-3-5-12(18)10-19/h2,4,6,8,12,19H,3,5,7,9-10H2,1H3. The average molecular weight is 289 g/mol. The molecule has 0 spiro atoms. The van der Waals surface area contributed by atoms with E-state index in [0.29, 0.717) is 18.3 Å². The van der Waals surface area contributed by atoms with Gasteiger partial charge in [-0.1, -0.05) is 17.3 Å². The molecule has 0 radical (unpaired) electrons. The molecule has 0 amide bonds. The van der Waals surface area contributed by atoms with Gasteiger partial charge in [-0.2, -0.15) is 4.98 Å². The van der Waals surface area contributed by atoms with Crippen molar-refractivity contribution >= 4 is 0 Å². The van der Waals surface area contributed by atoms with E-state index in [1.165, 1.54) is 0 Å². The molecule has 1 aliphatic heterocycles. The summed E-state index contributed by atoms with van der Waals surface area (Å²) in [6.45, 7) is 1.72. The highest BCUT2D eigenvalue weighted by atomic mass is 16.5. The summed E-state index contributed by atoms with van der Waals surface area (Å²) in [5.41, 5.74) is 0.865. The van der Waals surface area contributed by atoms with Crippen molar-refractivity contribution in [2.24, 2.45) is 0 Å². The number of ether oxygens (including phenoxy) is 1. The Morgan fingerprint density at radius 3 is 3.19 bits per heavy atom. The Morgan fingerprint density at radius 1 is 1.48 bits per heavy atom. The molecule has 0 bridgehead atoms. The van der Waals surface area contributed by atoms with Gasteiger partial charge in [0.05, 0.1) is 20.3 Å². The zero-order chi connectivity index (χ0) is 14.7. The van der Waals surface area contributed by atoms with E-state index in [9.17, 15) is 5.11 Å². The first-order valence-corrected chi connectivity index (χ1v) is 7.12. The van der Waals surface area contributed by atoms with Gasteiger partial charge in [-0.05, 0) is 31.5 Å². The largest absolute Gasteiger partial charge is 0.497 e. The van der Waals surface area contributed by atoms with Crippen molar-refractivity contribution in [3.63, 3.8) is 0 Å². The summed E-state index contributed by atoms with van der Waals surface area (Å²) in [5, 5.41) is 13.4. The Balaban J connectivity index is 1.73. The molecule has 3 rings (SSSR count). The minimum absolute atomic E-state index is 0.177. The van der Waals surface area contributed by atoms with Gasteiger partial charge in [-0.3, -0.25) is 4.90 Å². The van der Waals surface area contributed by atoms with E-state index in [2.05, 4.69) is 15.0 Å². The fourth-order valence-corrected chi connectivity index (χ4v) is 2.68. The van der Waals surface area contributed by atoms with Crippen molar-refractivity contribution in [2.45, 2.75) is 25.4 Å². The average Bonchev–Trinajstić information content (AvgIpc) is 3.17. The lowest BCUT2D eigenvalue weighted by atomic mass is 10.2. The number of nitrogens with zero attached hydrogens (tertiary/aromatic N) is 3. The molecule has 6 nitrogen and oxygen atoms in total. The molecule has 2 heterocycles. The van der Waals surface area contributed by atoms with Gasteiger partial charge in [-0.25, -0.2) is 0 Å². The third-order valence-electron chi connectivity index (χ3n) is 3.84. The van der Waals surface area contributed by atoms with Crippen LogP contribution in [-0.4, -0.2) is 46.5 Å². The summed E-state index contributed by atoms with van der Waals surface area (Å²) in [6.07, 6.45) is 2.12. The molecular formula is C15H19N3O3. The van der Waals surface area contributed by atoms with Gasteiger partial charge in [0.1, 0.15) is 5.75 Å². The van der Waals surface area contributed by atoms with Crippen LogP contribution in [0.5, 0.6) is 5.75 Å². The Bertz CT molecular complexity index is 599. The minimum Gasteiger partial charge on any atom is -0.497 e. The highest BCUT2D eigenvalue weighted by Crippen LogP contribution is 2.23. The van der Waals surface area contributed by atoms with Gasteiger partial charge in [0.2, 0.25) is 11.7 Å². The van der Waals surface area contributed by atoms with E-state index in [1.54, 1.807) is 7.11 Å². The van der Waals surface area contributed by atoms with E-state index in [-0.39, 0.29) is 12.6 Å². The number of methoxy groups -OCH3 is 1. The van der Waals surface area contributed by atoms with Crippen molar-refractivity contribution in [1.82, 2.24) is 15.0 Å². The first kappa shape index (κ1) is 14.0. The third-order valence-corrected chi connectivity index (χ3v) is 3.84. The van der Waals surface area contributed by atoms with Crippen molar-refractivity contribution in [2.75, 3.05) is 20.3 Å². The number of likely N-dealkylation sites (tertiary alicyclic amines) is 1. The van der Waals surface area contributed by atoms with Crippen LogP contribution in [0.15, 0.2) is 28.8 Å². The molecule has 0 aliphatic carbocycles. The summed E-state index contributed by atoms with van der Waals surface area (Å²) in [6, 6.07) is 7.77. The Kier molecular flexibility index (Phi) is 4.17. The number of aromatic nitrogens is 2. The van der Waals surface area contributed by atoms with Crippen LogP contribution in [0.25, 0.3) is 11.4 Å². The molecule has 0 saturated carbocycles. The molecule has 2 aromatic rings. The SMILES string of the molecule is COc1cccc(-c2noc(CN3CCCC3CO)n2)c1. The monoisotopic (exact) mass is 289 g/mol. The second kappa shape index (κ2) is 6.24. The summed E-state index contributed by atoms with van der Waals surface area (Å²) >= 11 is 0. The van der Waals surface area contributed by atoms with Gasteiger partial charge in [0, 0.05) is 11.6 Å². The zero-order valence-corrected chi connectivity index (χ0v) is 12.0. The van der Waals surface area contributed by atoms with Gasteiger partial charge in [-0.15, -0.1) is 0 Å². The first-order valence-electron chi connectivity index (χ1n) is 7.12. The van der Waals surface area contributed by atoms with Crippen LogP contribution in [0.1, 0.15) is 18.7 Å². The van der Waals surface area contributed by atoms with Gasteiger partial charge >= 0.3 is 0 Å². The molecule has 1 atom stereocenters. The first-order chi connectivity index (χ1) is 10.3. The van der Waals surface area contributed by atoms with E-state index in [1.807, 2.05) is 24.3 Å². The fourth-order valence-electron chi connectivity index (χ4n) is 2.68. The second-order valence-corrected chi connectivity index (χ2v) is 5.19. The molecule has 6 heteroatoms. The Morgan fingerprint density at radius 2 is 2.38 bits per heavy atom. The van der Waals surface area contributed by atoms with Crippen LogP contribution in [-0.2, 0) is 6.54 Å². The maximum absolute atomic E-state index is 9.33. The van der Waals surface area contributed by atoms with Crippen molar-refractivity contribution in [3.05, 3.63) is 30.2 Å². The van der Waals surface area contributed by atoms with E-state index in [4.69, 9.17) is 9.26 Å². The quantitative estimate of drug-likeness (QED) is 0.903. The molecule has 1 N–H and O–H groups in total. The normalized spacial score (nSPS) is 19.0. The lowest BCUT2D eigenvalue weighted by Crippen LogP contribution is -2.31. The zero-order valence-electron chi connectivity index (χ0n) is 12.0. The number of aliphatic hydroxyl groups excluding tert-OH is 1. The molecule has 1 fully saturated rings. The van der Waals surface area contributed by atoms with Crippen molar-refractivity contribution in [1.29, 1.82) is 0 Å². The maximum atomic E-state index is 9.33. The van der Waals surface area contributed by atoms with Gasteiger partial charge in [0.25, 0.3) is 0 Å². The third kappa shape index (κ3) is 3.06. The van der Waals surface area contributed by atoms with Gasteiger partial charge in [0.15, 0.2) is 0 Å². The van der Waals surface area contributed by atoms with Crippen LogP contribution in [0, 0.1) is 0 Å². The minimum atomic E-state index is 0.177. The molecule has 112 valence electrons. The van der Waals surface area contributed by atoms with Crippen LogP contribution >= 0.6 is 0 Å². The lowest BCUT2D eigenvalue weighted by molar-refractivity contribution is 0.141. The molecule has 1 aromatic heterocycles. The summed E-state index contributed by atoms with van der Waals surface area (Å²) in [4.78, 5) is 6.61. The highest BCUT2D eigenvalue weighted by Gasteiger charge is 2.25. The van der Waals surface area contributed by atoms with E-state index >= 15 is 0 Å². The summed E-state index contributed by atoms with van der Waals surface area (Å²) in [7, 11) is 1.63. The summed E-state index contributed by atoms with van der Waals surface area (Å²) in [5.74, 6) is 1.90. The Labute approximate surface area is 123 Å². The molecular weight excluding hydrogens is 270 g/mol. The van der Waals surface area contributed by atoms with Crippen LogP contribution in [0.4, 0.5) is 0 Å².